The summed E-state index contributed by atoms with van der Waals surface area (Å²) < 4.78 is 28.8. The molecular formula is C54H36N4O2Pt-2. The third kappa shape index (κ3) is 5.89. The van der Waals surface area contributed by atoms with Crippen molar-refractivity contribution in [2.75, 3.05) is 0 Å². The largest absolute Gasteiger partial charge is 0.510 e. The quantitative estimate of drug-likeness (QED) is 0.130. The van der Waals surface area contributed by atoms with E-state index < -0.39 is 0 Å². The average Bonchev–Trinajstić information content (AvgIpc) is 3.94. The van der Waals surface area contributed by atoms with Gasteiger partial charge in [0.2, 0.25) is 0 Å². The average molecular weight is 969 g/mol. The summed E-state index contributed by atoms with van der Waals surface area (Å²) in [4.78, 5) is 4.90. The van der Waals surface area contributed by atoms with Gasteiger partial charge in [-0.1, -0.05) is 117 Å². The van der Waals surface area contributed by atoms with Gasteiger partial charge in [0, 0.05) is 61.2 Å². The van der Waals surface area contributed by atoms with Crippen molar-refractivity contribution in [2.24, 2.45) is 0 Å². The van der Waals surface area contributed by atoms with E-state index in [1.165, 1.54) is 5.56 Å². The third-order valence-corrected chi connectivity index (χ3v) is 11.7. The van der Waals surface area contributed by atoms with Crippen molar-refractivity contribution < 1.29 is 36.2 Å². The fraction of sp³-hybridized carbons (Fsp3) is 0.0741. The Morgan fingerprint density at radius 1 is 0.672 bits per heavy atom. The number of nitrogens with zero attached hydrogens (tertiary/aromatic N) is 4. The predicted molar refractivity (Wildman–Crippen MR) is 238 cm³/mol. The Morgan fingerprint density at radius 3 is 2.18 bits per heavy atom. The molecule has 1 aliphatic heterocycles. The van der Waals surface area contributed by atoms with Gasteiger partial charge in [-0.15, -0.1) is 24.3 Å². The Balaban J connectivity index is 0.00000432. The molecule has 7 aromatic carbocycles. The molecule has 0 aliphatic carbocycles. The molecule has 11 aromatic rings. The number of furan rings is 1. The van der Waals surface area contributed by atoms with Crippen LogP contribution in [-0.4, -0.2) is 14.1 Å². The molecule has 0 atom stereocenters. The number of rotatable bonds is 4. The summed E-state index contributed by atoms with van der Waals surface area (Å²) in [6.07, 6.45) is 5.70. The number of hydrogen-bond acceptors (Lipinski definition) is 3. The Morgan fingerprint density at radius 2 is 1.36 bits per heavy atom. The van der Waals surface area contributed by atoms with Gasteiger partial charge in [0.05, 0.1) is 12.8 Å². The van der Waals surface area contributed by atoms with Crippen molar-refractivity contribution in [3.63, 3.8) is 0 Å². The number of hydrogen-bond donors (Lipinski definition) is 0. The molecule has 1 aliphatic rings. The zero-order valence-corrected chi connectivity index (χ0v) is 35.7. The smallest absolute Gasteiger partial charge is 0.267 e. The van der Waals surface area contributed by atoms with Gasteiger partial charge >= 0.3 is 0 Å². The normalized spacial score (nSPS) is 12.3. The minimum Gasteiger partial charge on any atom is -0.510 e. The van der Waals surface area contributed by atoms with Crippen LogP contribution in [0, 0.1) is 18.5 Å². The molecule has 0 spiro atoms. The molecule has 0 bridgehead atoms. The molecule has 7 heteroatoms. The number of aromatic nitrogens is 4. The number of ether oxygens (including phenoxy) is 1. The first-order valence-corrected chi connectivity index (χ1v) is 20.1. The zero-order valence-electron chi connectivity index (χ0n) is 34.4. The van der Waals surface area contributed by atoms with E-state index in [1.54, 1.807) is 4.57 Å². The summed E-state index contributed by atoms with van der Waals surface area (Å²) in [5.41, 5.74) is 12.2. The molecule has 296 valence electrons. The SMILES string of the molecule is [2H]c1c2[n+]([c-]n1-c1[c-]c(Oc3[c-]c4c(cc3)c3c5oc6ccccc6c5ccc3n4-c3cc(C(C)(C)C)ccn3)ccc1)-c1ccccc1-c1ccccc1-c1ccccc1-2.[Pt]. The van der Waals surface area contributed by atoms with Crippen LogP contribution in [0.1, 0.15) is 27.7 Å². The first-order valence-electron chi connectivity index (χ1n) is 20.6. The van der Waals surface area contributed by atoms with Crippen molar-refractivity contribution in [1.82, 2.24) is 14.1 Å². The molecule has 0 radical (unpaired) electrons. The van der Waals surface area contributed by atoms with Crippen LogP contribution in [0.2, 0.25) is 0 Å². The number of imidazole rings is 1. The van der Waals surface area contributed by atoms with Crippen LogP contribution in [0.4, 0.5) is 0 Å². The van der Waals surface area contributed by atoms with E-state index >= 15 is 0 Å². The maximum atomic E-state index is 9.68. The Labute approximate surface area is 368 Å². The monoisotopic (exact) mass is 968 g/mol. The van der Waals surface area contributed by atoms with Gasteiger partial charge in [0.1, 0.15) is 17.0 Å². The Bertz CT molecular complexity index is 3590. The van der Waals surface area contributed by atoms with E-state index in [-0.39, 0.29) is 32.7 Å². The van der Waals surface area contributed by atoms with Crippen LogP contribution in [0.5, 0.6) is 11.5 Å². The van der Waals surface area contributed by atoms with Gasteiger partial charge < -0.3 is 18.3 Å². The molecule has 4 aromatic heterocycles. The molecule has 12 rings (SSSR count). The molecule has 0 saturated carbocycles. The van der Waals surface area contributed by atoms with E-state index in [1.807, 2.05) is 65.4 Å². The molecule has 6 nitrogen and oxygen atoms in total. The van der Waals surface area contributed by atoms with Crippen molar-refractivity contribution in [2.45, 2.75) is 26.2 Å². The molecular weight excluding hydrogens is 932 g/mol. The summed E-state index contributed by atoms with van der Waals surface area (Å²) in [5.74, 6) is 1.79. The molecule has 0 amide bonds. The number of benzene rings is 7. The molecule has 0 N–H and O–H groups in total. The zero-order chi connectivity index (χ0) is 41.0. The van der Waals surface area contributed by atoms with Crippen molar-refractivity contribution in [3.05, 3.63) is 188 Å². The van der Waals surface area contributed by atoms with Gasteiger partial charge in [-0.2, -0.15) is 18.2 Å². The van der Waals surface area contributed by atoms with Crippen molar-refractivity contribution in [1.29, 1.82) is 0 Å². The van der Waals surface area contributed by atoms with E-state index in [0.717, 1.165) is 88.8 Å². The van der Waals surface area contributed by atoms with Crippen LogP contribution < -0.4 is 9.30 Å². The Hall–Kier alpha value is -7.01. The second kappa shape index (κ2) is 14.0. The van der Waals surface area contributed by atoms with Crippen LogP contribution in [-0.2, 0) is 26.5 Å². The van der Waals surface area contributed by atoms with Gasteiger partial charge in [-0.3, -0.25) is 4.57 Å². The first kappa shape index (κ1) is 35.9. The molecule has 0 fully saturated rings. The van der Waals surface area contributed by atoms with E-state index in [0.29, 0.717) is 17.2 Å². The standard InChI is InChI=1S/C54H36N4O2.Pt/c1-54(2,3)34-27-28-55-51(29-34)58-47-26-25-44-43-20-9-11-22-50(43)60-53(44)52(47)45-24-23-37(31-48(45)58)59-36-14-12-13-35(30-36)56-32-49-42-19-7-6-17-40(42)38-15-4-5-16-39(38)41-18-8-10-21-46(41)57(49)33-56;/h4-29,32H,1-3H3;/q-2;/i32D;. The minimum absolute atomic E-state index is 0. The van der Waals surface area contributed by atoms with Gasteiger partial charge in [-0.05, 0) is 86.3 Å². The predicted octanol–water partition coefficient (Wildman–Crippen LogP) is 12.9. The molecule has 0 saturated heterocycles. The summed E-state index contributed by atoms with van der Waals surface area (Å²) >= 11 is 0. The summed E-state index contributed by atoms with van der Waals surface area (Å²) in [7, 11) is 0. The van der Waals surface area contributed by atoms with E-state index in [2.05, 4.69) is 141 Å². The summed E-state index contributed by atoms with van der Waals surface area (Å²) in [6.45, 7) is 6.63. The second-order valence-corrected chi connectivity index (χ2v) is 16.3. The van der Waals surface area contributed by atoms with Crippen LogP contribution >= 0.6 is 0 Å². The fourth-order valence-corrected chi connectivity index (χ4v) is 8.81. The van der Waals surface area contributed by atoms with Crippen LogP contribution in [0.25, 0.3) is 94.4 Å². The van der Waals surface area contributed by atoms with Gasteiger partial charge in [0.25, 0.3) is 6.33 Å². The number of pyridine rings is 1. The van der Waals surface area contributed by atoms with Crippen LogP contribution in [0.15, 0.2) is 168 Å². The van der Waals surface area contributed by atoms with E-state index in [4.69, 9.17) is 14.1 Å². The topological polar surface area (TPSA) is 49.0 Å². The van der Waals surface area contributed by atoms with Crippen LogP contribution in [0.3, 0.4) is 0 Å². The second-order valence-electron chi connectivity index (χ2n) is 16.3. The molecule has 0 unspecified atom stereocenters. The van der Waals surface area contributed by atoms with E-state index in [9.17, 15) is 1.37 Å². The number of para-hydroxylation sites is 2. The minimum atomic E-state index is -0.0780. The summed E-state index contributed by atoms with van der Waals surface area (Å²) in [5, 5.41) is 4.11. The van der Waals surface area contributed by atoms with Crippen molar-refractivity contribution >= 4 is 43.7 Å². The van der Waals surface area contributed by atoms with Gasteiger partial charge in [0.15, 0.2) is 0 Å². The maximum Gasteiger partial charge on any atom is 0.267 e. The van der Waals surface area contributed by atoms with Gasteiger partial charge in [-0.25, -0.2) is 4.98 Å². The fourth-order valence-electron chi connectivity index (χ4n) is 8.81. The molecule has 61 heavy (non-hydrogen) atoms. The maximum absolute atomic E-state index is 9.68. The van der Waals surface area contributed by atoms with Crippen molar-refractivity contribution in [3.8, 4) is 62.2 Å². The summed E-state index contributed by atoms with van der Waals surface area (Å²) in [6, 6.07) is 58.6. The molecule has 5 heterocycles. The Kier molecular flexibility index (Phi) is 8.26. The number of fused-ring (bicyclic) bond motifs is 15. The third-order valence-electron chi connectivity index (χ3n) is 11.7. The first-order chi connectivity index (χ1) is 29.8.